The van der Waals surface area contributed by atoms with Crippen LogP contribution in [-0.2, 0) is 10.0 Å². The van der Waals surface area contributed by atoms with Gasteiger partial charge in [0.2, 0.25) is 0 Å². The molecule has 0 saturated heterocycles. The van der Waals surface area contributed by atoms with Gasteiger partial charge in [-0.3, -0.25) is 0 Å². The van der Waals surface area contributed by atoms with Crippen molar-refractivity contribution < 1.29 is 17.2 Å². The maximum absolute atomic E-state index is 13.2. The van der Waals surface area contributed by atoms with Gasteiger partial charge >= 0.3 is 0 Å². The fourth-order valence-electron chi connectivity index (χ4n) is 1.98. The lowest BCUT2D eigenvalue weighted by Gasteiger charge is -2.07. The Morgan fingerprint density at radius 3 is 2.38 bits per heavy atom. The smallest absolute Gasteiger partial charge is 0.285 e. The van der Waals surface area contributed by atoms with Gasteiger partial charge in [-0.25, -0.2) is 8.78 Å². The molecule has 0 aromatic heterocycles. The first-order valence-corrected chi connectivity index (χ1v) is 7.96. The van der Waals surface area contributed by atoms with Crippen LogP contribution in [0.5, 0.6) is 0 Å². The number of fused-ring (bicyclic) bond motifs is 1. The molecule has 0 spiro atoms. The van der Waals surface area contributed by atoms with Crippen molar-refractivity contribution in [1.82, 2.24) is 0 Å². The van der Waals surface area contributed by atoms with Crippen molar-refractivity contribution >= 4 is 37.5 Å². The summed E-state index contributed by atoms with van der Waals surface area (Å²) in [5.41, 5.74) is 0.431. The Hall–Kier alpha value is -1.80. The van der Waals surface area contributed by atoms with Crippen molar-refractivity contribution in [1.29, 1.82) is 0 Å². The molecule has 0 bridgehead atoms. The summed E-state index contributed by atoms with van der Waals surface area (Å²) in [5, 5.41) is 2.63. The third kappa shape index (κ3) is 2.68. The normalized spacial score (nSPS) is 15.5. The molecule has 0 saturated carbocycles. The van der Waals surface area contributed by atoms with Gasteiger partial charge in [0.1, 0.15) is 16.5 Å². The van der Waals surface area contributed by atoms with Crippen LogP contribution >= 0.6 is 15.9 Å². The van der Waals surface area contributed by atoms with Crippen LogP contribution in [0.25, 0.3) is 0 Å². The van der Waals surface area contributed by atoms with Gasteiger partial charge < -0.3 is 5.32 Å². The van der Waals surface area contributed by atoms with Crippen LogP contribution in [0.4, 0.5) is 14.5 Å². The summed E-state index contributed by atoms with van der Waals surface area (Å²) in [6.45, 7) is 0. The molecule has 4 nitrogen and oxygen atoms in total. The molecule has 0 aliphatic carbocycles. The molecule has 8 heteroatoms. The first-order chi connectivity index (χ1) is 9.85. The molecule has 3 rings (SSSR count). The fourth-order valence-corrected chi connectivity index (χ4v) is 3.69. The van der Waals surface area contributed by atoms with E-state index in [9.17, 15) is 17.2 Å². The zero-order valence-corrected chi connectivity index (χ0v) is 12.7. The number of rotatable bonds is 1. The second kappa shape index (κ2) is 4.88. The molecule has 108 valence electrons. The van der Waals surface area contributed by atoms with E-state index in [0.29, 0.717) is 10.0 Å². The molecular weight excluding hydrogens is 366 g/mol. The Morgan fingerprint density at radius 1 is 1.05 bits per heavy atom. The zero-order chi connectivity index (χ0) is 15.2. The lowest BCUT2D eigenvalue weighted by molar-refractivity contribution is 0.584. The van der Waals surface area contributed by atoms with E-state index in [-0.39, 0.29) is 16.4 Å². The summed E-state index contributed by atoms with van der Waals surface area (Å²) in [4.78, 5) is 0.0382. The average molecular weight is 373 g/mol. The van der Waals surface area contributed by atoms with Crippen LogP contribution in [0, 0.1) is 11.6 Å². The minimum absolute atomic E-state index is 0.0301. The molecule has 0 amide bonds. The fraction of sp³-hybridized carbons (Fsp3) is 0. The highest BCUT2D eigenvalue weighted by Crippen LogP contribution is 2.29. The van der Waals surface area contributed by atoms with Gasteiger partial charge in [-0.05, 0) is 30.3 Å². The van der Waals surface area contributed by atoms with Crippen LogP contribution in [-0.4, -0.2) is 14.3 Å². The van der Waals surface area contributed by atoms with Crippen molar-refractivity contribution in [2.24, 2.45) is 4.40 Å². The van der Waals surface area contributed by atoms with E-state index in [1.54, 1.807) is 12.1 Å². The topological polar surface area (TPSA) is 58.5 Å². The lowest BCUT2D eigenvalue weighted by Crippen LogP contribution is -2.11. The second-order valence-corrected chi connectivity index (χ2v) is 6.83. The predicted octanol–water partition coefficient (Wildman–Crippen LogP) is 3.29. The van der Waals surface area contributed by atoms with Crippen LogP contribution in [0.15, 0.2) is 50.2 Å². The number of nitrogens with zero attached hydrogens (tertiary/aromatic N) is 1. The maximum Gasteiger partial charge on any atom is 0.285 e. The molecule has 0 unspecified atom stereocenters. The molecule has 1 N–H and O–H groups in total. The van der Waals surface area contributed by atoms with E-state index in [4.69, 9.17) is 0 Å². The number of amidine groups is 1. The number of halogens is 3. The second-order valence-electron chi connectivity index (χ2n) is 4.34. The molecule has 0 atom stereocenters. The van der Waals surface area contributed by atoms with Gasteiger partial charge in [0.25, 0.3) is 10.0 Å². The molecule has 21 heavy (non-hydrogen) atoms. The Balaban J connectivity index is 2.05. The van der Waals surface area contributed by atoms with Crippen LogP contribution in [0.1, 0.15) is 5.56 Å². The van der Waals surface area contributed by atoms with E-state index >= 15 is 0 Å². The van der Waals surface area contributed by atoms with Gasteiger partial charge in [0, 0.05) is 21.8 Å². The van der Waals surface area contributed by atoms with Crippen molar-refractivity contribution in [2.75, 3.05) is 5.32 Å². The summed E-state index contributed by atoms with van der Waals surface area (Å²) in [6.07, 6.45) is 0. The minimum Gasteiger partial charge on any atom is -0.339 e. The zero-order valence-electron chi connectivity index (χ0n) is 10.3. The van der Waals surface area contributed by atoms with Gasteiger partial charge in [0.15, 0.2) is 5.84 Å². The summed E-state index contributed by atoms with van der Waals surface area (Å²) in [6, 6.07) is 7.47. The monoisotopic (exact) mass is 372 g/mol. The number of hydrogen-bond donors (Lipinski definition) is 1. The SMILES string of the molecule is O=S1(=O)N=C(Nc2cc(F)cc(F)c2)c2ccc(Br)cc21. The van der Waals surface area contributed by atoms with Crippen molar-refractivity contribution in [3.05, 3.63) is 58.1 Å². The van der Waals surface area contributed by atoms with E-state index in [2.05, 4.69) is 25.6 Å². The Bertz CT molecular complexity index is 861. The van der Waals surface area contributed by atoms with Crippen LogP contribution < -0.4 is 5.32 Å². The van der Waals surface area contributed by atoms with Gasteiger partial charge in [-0.2, -0.15) is 8.42 Å². The summed E-state index contributed by atoms with van der Waals surface area (Å²) in [5.74, 6) is -1.51. The lowest BCUT2D eigenvalue weighted by atomic mass is 10.2. The third-order valence-corrected chi connectivity index (χ3v) is 4.62. The summed E-state index contributed by atoms with van der Waals surface area (Å²) < 4.78 is 54.4. The Labute approximate surface area is 127 Å². The van der Waals surface area contributed by atoms with Gasteiger partial charge in [-0.1, -0.05) is 15.9 Å². The Kier molecular flexibility index (Phi) is 3.29. The Morgan fingerprint density at radius 2 is 1.71 bits per heavy atom. The van der Waals surface area contributed by atoms with E-state index < -0.39 is 21.7 Å². The first kappa shape index (κ1) is 14.2. The van der Waals surface area contributed by atoms with Gasteiger partial charge in [0.05, 0.1) is 0 Å². The predicted molar refractivity (Wildman–Crippen MR) is 77.8 cm³/mol. The van der Waals surface area contributed by atoms with Crippen LogP contribution in [0.3, 0.4) is 0 Å². The number of hydrogen-bond acceptors (Lipinski definition) is 3. The highest BCUT2D eigenvalue weighted by Gasteiger charge is 2.29. The molecular formula is C13H7BrF2N2O2S. The molecule has 1 aliphatic rings. The van der Waals surface area contributed by atoms with Crippen molar-refractivity contribution in [2.45, 2.75) is 4.90 Å². The number of nitrogens with one attached hydrogen (secondary N) is 1. The number of benzene rings is 2. The van der Waals surface area contributed by atoms with E-state index in [1.807, 2.05) is 0 Å². The summed E-state index contributed by atoms with van der Waals surface area (Å²) in [7, 11) is -3.81. The maximum atomic E-state index is 13.2. The quantitative estimate of drug-likeness (QED) is 0.835. The number of anilines is 1. The van der Waals surface area contributed by atoms with E-state index in [1.165, 1.54) is 6.07 Å². The van der Waals surface area contributed by atoms with Crippen LogP contribution in [0.2, 0.25) is 0 Å². The minimum atomic E-state index is -3.81. The molecule has 1 heterocycles. The molecule has 1 aliphatic heterocycles. The molecule has 2 aromatic rings. The third-order valence-electron chi connectivity index (χ3n) is 2.81. The highest BCUT2D eigenvalue weighted by atomic mass is 79.9. The standard InChI is InChI=1S/C13H7BrF2N2O2S/c14-7-1-2-11-12(3-7)21(19,20)18-13(11)17-10-5-8(15)4-9(16)6-10/h1-6H,(H,17,18). The average Bonchev–Trinajstić information content (AvgIpc) is 2.59. The molecule has 0 fully saturated rings. The largest absolute Gasteiger partial charge is 0.339 e. The molecule has 2 aromatic carbocycles. The molecule has 0 radical (unpaired) electrons. The number of sulfonamides is 1. The summed E-state index contributed by atoms with van der Waals surface area (Å²) >= 11 is 3.19. The van der Waals surface area contributed by atoms with Crippen molar-refractivity contribution in [3.63, 3.8) is 0 Å². The van der Waals surface area contributed by atoms with E-state index in [0.717, 1.165) is 18.2 Å². The first-order valence-electron chi connectivity index (χ1n) is 5.73. The van der Waals surface area contributed by atoms with Crippen molar-refractivity contribution in [3.8, 4) is 0 Å². The van der Waals surface area contributed by atoms with Gasteiger partial charge in [-0.15, -0.1) is 4.40 Å². The highest BCUT2D eigenvalue weighted by molar-refractivity contribution is 9.10.